The molecule has 0 aliphatic carbocycles. The molecule has 3 N–H and O–H groups in total. The van der Waals surface area contributed by atoms with Gasteiger partial charge in [0.1, 0.15) is 5.52 Å². The van der Waals surface area contributed by atoms with Crippen LogP contribution in [0.25, 0.3) is 11.1 Å². The van der Waals surface area contributed by atoms with Gasteiger partial charge in [-0.25, -0.2) is 0 Å². The van der Waals surface area contributed by atoms with Crippen LogP contribution >= 0.6 is 15.9 Å². The largest absolute Gasteiger partial charge is 0.424 e. The summed E-state index contributed by atoms with van der Waals surface area (Å²) in [6.07, 6.45) is 0. The molecule has 2 rings (SSSR count). The van der Waals surface area contributed by atoms with Crippen molar-refractivity contribution in [3.05, 3.63) is 22.7 Å². The van der Waals surface area contributed by atoms with Gasteiger partial charge >= 0.3 is 0 Å². The van der Waals surface area contributed by atoms with Gasteiger partial charge in [-0.2, -0.15) is 4.98 Å². The number of hydrogen-bond donors (Lipinski definition) is 2. The summed E-state index contributed by atoms with van der Waals surface area (Å²) < 4.78 is 6.42. The standard InChI is InChI=1S/C9H10BrN3O/c10-6-1-2-7-8(5-6)14-9(13-7)12-4-3-11/h1-2,5H,3-4,11H2,(H,12,13). The molecule has 0 aliphatic rings. The Bertz CT molecular complexity index is 441. The van der Waals surface area contributed by atoms with E-state index in [-0.39, 0.29) is 0 Å². The minimum atomic E-state index is 0.517. The van der Waals surface area contributed by atoms with Crippen LogP contribution in [0.3, 0.4) is 0 Å². The topological polar surface area (TPSA) is 64.1 Å². The number of fused-ring (bicyclic) bond motifs is 1. The van der Waals surface area contributed by atoms with Crippen LogP contribution in [0.2, 0.25) is 0 Å². The molecule has 74 valence electrons. The second-order valence-electron chi connectivity index (χ2n) is 2.85. The maximum Gasteiger partial charge on any atom is 0.295 e. The van der Waals surface area contributed by atoms with Crippen molar-refractivity contribution in [3.63, 3.8) is 0 Å². The van der Waals surface area contributed by atoms with Gasteiger partial charge in [0.15, 0.2) is 5.58 Å². The fraction of sp³-hybridized carbons (Fsp3) is 0.222. The van der Waals surface area contributed by atoms with Crippen LogP contribution in [0, 0.1) is 0 Å². The van der Waals surface area contributed by atoms with E-state index < -0.39 is 0 Å². The highest BCUT2D eigenvalue weighted by molar-refractivity contribution is 9.10. The molecule has 0 atom stereocenters. The second-order valence-corrected chi connectivity index (χ2v) is 3.76. The Morgan fingerprint density at radius 2 is 2.36 bits per heavy atom. The fourth-order valence-electron chi connectivity index (χ4n) is 1.15. The number of hydrogen-bond acceptors (Lipinski definition) is 4. The molecule has 1 heterocycles. The number of oxazole rings is 1. The fourth-order valence-corrected chi connectivity index (χ4v) is 1.49. The van der Waals surface area contributed by atoms with Gasteiger partial charge in [-0.15, -0.1) is 0 Å². The molecule has 14 heavy (non-hydrogen) atoms. The van der Waals surface area contributed by atoms with Crippen LogP contribution < -0.4 is 11.1 Å². The summed E-state index contributed by atoms with van der Waals surface area (Å²) in [4.78, 5) is 4.24. The summed E-state index contributed by atoms with van der Waals surface area (Å²) in [5, 5.41) is 2.99. The van der Waals surface area contributed by atoms with Crippen molar-refractivity contribution in [1.29, 1.82) is 0 Å². The molecule has 2 aromatic rings. The maximum atomic E-state index is 5.44. The zero-order chi connectivity index (χ0) is 9.97. The van der Waals surface area contributed by atoms with Crippen LogP contribution in [-0.4, -0.2) is 18.1 Å². The third kappa shape index (κ3) is 1.88. The van der Waals surface area contributed by atoms with Crippen molar-refractivity contribution in [1.82, 2.24) is 4.98 Å². The molecule has 1 aromatic carbocycles. The van der Waals surface area contributed by atoms with Gasteiger partial charge in [0.25, 0.3) is 6.01 Å². The number of halogens is 1. The first-order valence-corrected chi connectivity index (χ1v) is 5.09. The first kappa shape index (κ1) is 9.48. The molecule has 4 nitrogen and oxygen atoms in total. The van der Waals surface area contributed by atoms with Crippen LogP contribution in [0.1, 0.15) is 0 Å². The number of nitrogens with zero attached hydrogens (tertiary/aromatic N) is 1. The molecule has 0 bridgehead atoms. The number of anilines is 1. The molecule has 0 saturated carbocycles. The highest BCUT2D eigenvalue weighted by atomic mass is 79.9. The SMILES string of the molecule is NCCNc1nc2ccc(Br)cc2o1. The molecule has 0 amide bonds. The van der Waals surface area contributed by atoms with Gasteiger partial charge in [0, 0.05) is 17.6 Å². The van der Waals surface area contributed by atoms with E-state index in [1.807, 2.05) is 18.2 Å². The minimum Gasteiger partial charge on any atom is -0.424 e. The molecular formula is C9H10BrN3O. The first-order valence-electron chi connectivity index (χ1n) is 4.29. The van der Waals surface area contributed by atoms with E-state index in [1.165, 1.54) is 0 Å². The zero-order valence-corrected chi connectivity index (χ0v) is 9.04. The molecule has 0 radical (unpaired) electrons. The van der Waals surface area contributed by atoms with Gasteiger partial charge < -0.3 is 15.5 Å². The molecule has 0 unspecified atom stereocenters. The first-order chi connectivity index (χ1) is 6.79. The van der Waals surface area contributed by atoms with Gasteiger partial charge in [-0.1, -0.05) is 15.9 Å². The van der Waals surface area contributed by atoms with Crippen molar-refractivity contribution in [3.8, 4) is 0 Å². The number of nitrogens with two attached hydrogens (primary N) is 1. The molecule has 0 fully saturated rings. The minimum absolute atomic E-state index is 0.517. The highest BCUT2D eigenvalue weighted by Crippen LogP contribution is 2.22. The van der Waals surface area contributed by atoms with Crippen molar-refractivity contribution in [2.75, 3.05) is 18.4 Å². The van der Waals surface area contributed by atoms with Gasteiger partial charge in [-0.05, 0) is 18.2 Å². The van der Waals surface area contributed by atoms with Gasteiger partial charge in [0.05, 0.1) is 0 Å². The van der Waals surface area contributed by atoms with Crippen LogP contribution in [0.5, 0.6) is 0 Å². The summed E-state index contributed by atoms with van der Waals surface area (Å²) in [6.45, 7) is 1.22. The van der Waals surface area contributed by atoms with Crippen LogP contribution in [0.4, 0.5) is 6.01 Å². The Morgan fingerprint density at radius 3 is 3.14 bits per heavy atom. The molecular weight excluding hydrogens is 246 g/mol. The second kappa shape index (κ2) is 3.98. The normalized spacial score (nSPS) is 10.7. The van der Waals surface area contributed by atoms with Crippen molar-refractivity contribution in [2.45, 2.75) is 0 Å². The van der Waals surface area contributed by atoms with Crippen molar-refractivity contribution in [2.24, 2.45) is 5.73 Å². The van der Waals surface area contributed by atoms with E-state index in [2.05, 4.69) is 26.2 Å². The summed E-state index contributed by atoms with van der Waals surface area (Å²) >= 11 is 3.37. The number of benzene rings is 1. The predicted octanol–water partition coefficient (Wildman–Crippen LogP) is 1.96. The zero-order valence-electron chi connectivity index (χ0n) is 7.46. The Kier molecular flexibility index (Phi) is 2.69. The van der Waals surface area contributed by atoms with E-state index in [9.17, 15) is 0 Å². The van der Waals surface area contributed by atoms with Crippen molar-refractivity contribution >= 4 is 33.0 Å². The van der Waals surface area contributed by atoms with E-state index in [0.717, 1.165) is 15.6 Å². The molecule has 0 aliphatic heterocycles. The van der Waals surface area contributed by atoms with E-state index >= 15 is 0 Å². The van der Waals surface area contributed by atoms with Gasteiger partial charge in [0.2, 0.25) is 0 Å². The molecule has 5 heteroatoms. The summed E-state index contributed by atoms with van der Waals surface area (Å²) in [5.41, 5.74) is 6.96. The van der Waals surface area contributed by atoms with E-state index in [0.29, 0.717) is 19.1 Å². The van der Waals surface area contributed by atoms with E-state index in [4.69, 9.17) is 10.2 Å². The predicted molar refractivity (Wildman–Crippen MR) is 59.3 cm³/mol. The molecule has 0 spiro atoms. The van der Waals surface area contributed by atoms with Crippen LogP contribution in [-0.2, 0) is 0 Å². The Morgan fingerprint density at radius 1 is 1.50 bits per heavy atom. The summed E-state index contributed by atoms with van der Waals surface area (Å²) in [5.74, 6) is 0. The lowest BCUT2D eigenvalue weighted by Crippen LogP contribution is -2.13. The Hall–Kier alpha value is -1.07. The number of aromatic nitrogens is 1. The smallest absolute Gasteiger partial charge is 0.295 e. The average Bonchev–Trinajstić information content (AvgIpc) is 2.56. The molecule has 1 aromatic heterocycles. The summed E-state index contributed by atoms with van der Waals surface area (Å²) in [6, 6.07) is 6.23. The monoisotopic (exact) mass is 255 g/mol. The summed E-state index contributed by atoms with van der Waals surface area (Å²) in [7, 11) is 0. The van der Waals surface area contributed by atoms with Crippen LogP contribution in [0.15, 0.2) is 27.1 Å². The number of rotatable bonds is 3. The third-order valence-electron chi connectivity index (χ3n) is 1.77. The van der Waals surface area contributed by atoms with Crippen molar-refractivity contribution < 1.29 is 4.42 Å². The quantitative estimate of drug-likeness (QED) is 0.881. The number of nitrogens with one attached hydrogen (secondary N) is 1. The average molecular weight is 256 g/mol. The lowest BCUT2D eigenvalue weighted by atomic mass is 10.3. The Balaban J connectivity index is 2.32. The van der Waals surface area contributed by atoms with Gasteiger partial charge in [-0.3, -0.25) is 0 Å². The Labute approximate surface area is 89.6 Å². The lowest BCUT2D eigenvalue weighted by molar-refractivity contribution is 0.615. The lowest BCUT2D eigenvalue weighted by Gasteiger charge is -1.95. The van der Waals surface area contributed by atoms with E-state index in [1.54, 1.807) is 0 Å². The highest BCUT2D eigenvalue weighted by Gasteiger charge is 2.04. The molecule has 0 saturated heterocycles. The third-order valence-corrected chi connectivity index (χ3v) is 2.26. The maximum absolute atomic E-state index is 5.44.